The summed E-state index contributed by atoms with van der Waals surface area (Å²) in [6.45, 7) is 7.83. The molecule has 3 heterocycles. The molecule has 0 aliphatic carbocycles. The number of rotatable bonds is 7. The van der Waals surface area contributed by atoms with E-state index in [9.17, 15) is 4.79 Å². The summed E-state index contributed by atoms with van der Waals surface area (Å²) in [5.74, 6) is 1.71. The lowest BCUT2D eigenvalue weighted by atomic mass is 10.0. The number of carbonyl (C=O) groups is 1. The molecular formula is C27H35N3O4. The molecule has 5 rings (SSSR count). The Hall–Kier alpha value is -2.61. The molecule has 3 aliphatic rings. The number of hydrogen-bond acceptors (Lipinski definition) is 6. The number of benzene rings is 2. The Balaban J connectivity index is 1.12. The molecule has 3 aliphatic heterocycles. The standard InChI is InChI=1S/C27H35N3O4/c31-27(28-18-21-4-6-22(7-5-21)19-29-11-15-32-16-12-29)20-30-10-1-3-24(30)23-8-9-25-26(17-23)34-14-2-13-33-25/h4-9,17,24H,1-3,10-16,18-20H2,(H,28,31)/t24-/m0/s1. The quantitative estimate of drug-likeness (QED) is 0.678. The maximum atomic E-state index is 12.7. The monoisotopic (exact) mass is 465 g/mol. The summed E-state index contributed by atoms with van der Waals surface area (Å²) in [5.41, 5.74) is 3.62. The Kier molecular flexibility index (Phi) is 7.63. The van der Waals surface area contributed by atoms with E-state index in [4.69, 9.17) is 14.2 Å². The molecule has 7 heteroatoms. The molecule has 2 aromatic rings. The van der Waals surface area contributed by atoms with E-state index in [-0.39, 0.29) is 11.9 Å². The molecule has 2 aromatic carbocycles. The fourth-order valence-electron chi connectivity index (χ4n) is 5.00. The van der Waals surface area contributed by atoms with Gasteiger partial charge in [0.25, 0.3) is 0 Å². The zero-order valence-electron chi connectivity index (χ0n) is 19.8. The minimum Gasteiger partial charge on any atom is -0.490 e. The van der Waals surface area contributed by atoms with Crippen molar-refractivity contribution in [1.82, 2.24) is 15.1 Å². The molecule has 1 atom stereocenters. The van der Waals surface area contributed by atoms with Crippen LogP contribution in [0.25, 0.3) is 0 Å². The van der Waals surface area contributed by atoms with Crippen LogP contribution in [0.3, 0.4) is 0 Å². The summed E-state index contributed by atoms with van der Waals surface area (Å²) in [6, 6.07) is 15.0. The van der Waals surface area contributed by atoms with Gasteiger partial charge in [-0.05, 0) is 48.2 Å². The first-order chi connectivity index (χ1) is 16.7. The van der Waals surface area contributed by atoms with Crippen molar-refractivity contribution in [1.29, 1.82) is 0 Å². The van der Waals surface area contributed by atoms with Gasteiger partial charge in [0.1, 0.15) is 0 Å². The molecular weight excluding hydrogens is 430 g/mol. The van der Waals surface area contributed by atoms with Crippen molar-refractivity contribution in [3.63, 3.8) is 0 Å². The number of fused-ring (bicyclic) bond motifs is 1. The second-order valence-electron chi connectivity index (χ2n) is 9.37. The third-order valence-electron chi connectivity index (χ3n) is 6.89. The molecule has 0 aromatic heterocycles. The summed E-state index contributed by atoms with van der Waals surface area (Å²) in [7, 11) is 0. The molecule has 1 amide bonds. The molecule has 0 bridgehead atoms. The van der Waals surface area contributed by atoms with Gasteiger partial charge in [-0.2, -0.15) is 0 Å². The normalized spacial score (nSPS) is 21.2. The van der Waals surface area contributed by atoms with E-state index in [1.165, 1.54) is 11.1 Å². The summed E-state index contributed by atoms with van der Waals surface area (Å²) < 4.78 is 17.1. The number of hydrogen-bond donors (Lipinski definition) is 1. The van der Waals surface area contributed by atoms with Crippen molar-refractivity contribution in [2.24, 2.45) is 0 Å². The molecule has 0 radical (unpaired) electrons. The van der Waals surface area contributed by atoms with Crippen molar-refractivity contribution in [3.8, 4) is 11.5 Å². The first kappa shape index (κ1) is 23.1. The van der Waals surface area contributed by atoms with Crippen molar-refractivity contribution in [3.05, 3.63) is 59.2 Å². The first-order valence-corrected chi connectivity index (χ1v) is 12.5. The lowest BCUT2D eigenvalue weighted by Crippen LogP contribution is -2.36. The van der Waals surface area contributed by atoms with Crippen LogP contribution in [-0.4, -0.2) is 68.3 Å². The number of nitrogens with one attached hydrogen (secondary N) is 1. The van der Waals surface area contributed by atoms with Crippen LogP contribution in [0.4, 0.5) is 0 Å². The van der Waals surface area contributed by atoms with Gasteiger partial charge in [-0.15, -0.1) is 0 Å². The predicted octanol–water partition coefficient (Wildman–Crippen LogP) is 3.13. The van der Waals surface area contributed by atoms with Crippen LogP contribution in [0.2, 0.25) is 0 Å². The third kappa shape index (κ3) is 5.90. The highest BCUT2D eigenvalue weighted by molar-refractivity contribution is 5.78. The van der Waals surface area contributed by atoms with Crippen molar-refractivity contribution >= 4 is 5.91 Å². The Morgan fingerprint density at radius 3 is 2.47 bits per heavy atom. The number of carbonyl (C=O) groups excluding carboxylic acids is 1. The van der Waals surface area contributed by atoms with Gasteiger partial charge in [0.2, 0.25) is 5.91 Å². The van der Waals surface area contributed by atoms with Crippen molar-refractivity contribution in [2.45, 2.75) is 38.4 Å². The summed E-state index contributed by atoms with van der Waals surface area (Å²) in [4.78, 5) is 17.4. The fourth-order valence-corrected chi connectivity index (χ4v) is 5.00. The molecule has 2 saturated heterocycles. The molecule has 0 saturated carbocycles. The molecule has 182 valence electrons. The Labute approximate surface area is 202 Å². The van der Waals surface area contributed by atoms with Gasteiger partial charge in [-0.3, -0.25) is 14.6 Å². The fraction of sp³-hybridized carbons (Fsp3) is 0.519. The van der Waals surface area contributed by atoms with E-state index in [0.29, 0.717) is 26.3 Å². The van der Waals surface area contributed by atoms with E-state index in [0.717, 1.165) is 75.7 Å². The van der Waals surface area contributed by atoms with Gasteiger partial charge in [-0.1, -0.05) is 30.3 Å². The molecule has 34 heavy (non-hydrogen) atoms. The van der Waals surface area contributed by atoms with Crippen molar-refractivity contribution < 1.29 is 19.0 Å². The van der Waals surface area contributed by atoms with Gasteiger partial charge in [0.15, 0.2) is 11.5 Å². The lowest BCUT2D eigenvalue weighted by Gasteiger charge is -2.26. The molecule has 0 spiro atoms. The second-order valence-corrected chi connectivity index (χ2v) is 9.37. The van der Waals surface area contributed by atoms with Crippen LogP contribution in [-0.2, 0) is 22.6 Å². The van der Waals surface area contributed by atoms with Gasteiger partial charge in [0.05, 0.1) is 33.0 Å². The number of amides is 1. The highest BCUT2D eigenvalue weighted by Crippen LogP contribution is 2.37. The van der Waals surface area contributed by atoms with Crippen LogP contribution in [0.5, 0.6) is 11.5 Å². The largest absolute Gasteiger partial charge is 0.490 e. The molecule has 7 nitrogen and oxygen atoms in total. The van der Waals surface area contributed by atoms with E-state index >= 15 is 0 Å². The first-order valence-electron chi connectivity index (χ1n) is 12.5. The average Bonchev–Trinajstić information content (AvgIpc) is 3.19. The number of nitrogens with zero attached hydrogens (tertiary/aromatic N) is 2. The summed E-state index contributed by atoms with van der Waals surface area (Å²) in [5, 5.41) is 3.10. The maximum absolute atomic E-state index is 12.7. The predicted molar refractivity (Wildman–Crippen MR) is 130 cm³/mol. The lowest BCUT2D eigenvalue weighted by molar-refractivity contribution is -0.122. The van der Waals surface area contributed by atoms with E-state index < -0.39 is 0 Å². The zero-order chi connectivity index (χ0) is 23.2. The molecule has 0 unspecified atom stereocenters. The van der Waals surface area contributed by atoms with E-state index in [2.05, 4.69) is 51.5 Å². The number of morpholine rings is 1. The Morgan fingerprint density at radius 1 is 0.882 bits per heavy atom. The smallest absolute Gasteiger partial charge is 0.234 e. The van der Waals surface area contributed by atoms with Gasteiger partial charge < -0.3 is 19.5 Å². The topological polar surface area (TPSA) is 63.3 Å². The van der Waals surface area contributed by atoms with E-state index in [1.54, 1.807) is 0 Å². The highest BCUT2D eigenvalue weighted by atomic mass is 16.5. The molecule has 1 N–H and O–H groups in total. The average molecular weight is 466 g/mol. The Bertz CT molecular complexity index is 959. The SMILES string of the molecule is O=C(CN1CCC[C@H]1c1ccc2c(c1)OCCCO2)NCc1ccc(CN2CCOCC2)cc1. The van der Waals surface area contributed by atoms with E-state index in [1.807, 2.05) is 6.07 Å². The van der Waals surface area contributed by atoms with Crippen LogP contribution in [0, 0.1) is 0 Å². The summed E-state index contributed by atoms with van der Waals surface area (Å²) in [6.07, 6.45) is 3.05. The second kappa shape index (κ2) is 11.2. The van der Waals surface area contributed by atoms with Crippen LogP contribution in [0.15, 0.2) is 42.5 Å². The van der Waals surface area contributed by atoms with Crippen LogP contribution >= 0.6 is 0 Å². The highest BCUT2D eigenvalue weighted by Gasteiger charge is 2.28. The van der Waals surface area contributed by atoms with Gasteiger partial charge >= 0.3 is 0 Å². The van der Waals surface area contributed by atoms with Crippen LogP contribution < -0.4 is 14.8 Å². The Morgan fingerprint density at radius 2 is 1.65 bits per heavy atom. The number of likely N-dealkylation sites (tertiary alicyclic amines) is 1. The van der Waals surface area contributed by atoms with Gasteiger partial charge in [0, 0.05) is 38.6 Å². The van der Waals surface area contributed by atoms with Crippen LogP contribution in [0.1, 0.15) is 42.0 Å². The minimum atomic E-state index is 0.0682. The van der Waals surface area contributed by atoms with Gasteiger partial charge in [-0.25, -0.2) is 0 Å². The molecule has 2 fully saturated rings. The number of ether oxygens (including phenoxy) is 3. The summed E-state index contributed by atoms with van der Waals surface area (Å²) >= 11 is 0. The maximum Gasteiger partial charge on any atom is 0.234 e. The zero-order valence-corrected chi connectivity index (χ0v) is 19.8. The minimum absolute atomic E-state index is 0.0682. The third-order valence-corrected chi connectivity index (χ3v) is 6.89. The van der Waals surface area contributed by atoms with Crippen molar-refractivity contribution in [2.75, 3.05) is 52.6 Å².